The molecule has 0 saturated carbocycles. The van der Waals surface area contributed by atoms with Crippen LogP contribution in [-0.2, 0) is 25.5 Å². The van der Waals surface area contributed by atoms with Crippen molar-refractivity contribution in [3.8, 4) is 0 Å². The lowest BCUT2D eigenvalue weighted by molar-refractivity contribution is -0.161. The summed E-state index contributed by atoms with van der Waals surface area (Å²) in [5.74, 6) is -1.63. The Morgan fingerprint density at radius 2 is 1.76 bits per heavy atom. The van der Waals surface area contributed by atoms with Gasteiger partial charge in [-0.2, -0.15) is 0 Å². The van der Waals surface area contributed by atoms with Gasteiger partial charge in [0.05, 0.1) is 6.04 Å². The molecule has 10 nitrogen and oxygen atoms in total. The summed E-state index contributed by atoms with van der Waals surface area (Å²) in [6, 6.07) is 9.06. The highest BCUT2D eigenvalue weighted by molar-refractivity contribution is 7.09. The van der Waals surface area contributed by atoms with Crippen LogP contribution in [0.2, 0.25) is 0 Å². The maximum Gasteiger partial charge on any atom is 0.307 e. The highest BCUT2D eigenvalue weighted by Crippen LogP contribution is 2.32. The molecular weight excluding hydrogens is 653 g/mol. The Morgan fingerprint density at radius 3 is 2.38 bits per heavy atom. The van der Waals surface area contributed by atoms with Crippen LogP contribution in [0.4, 0.5) is 0 Å². The van der Waals surface area contributed by atoms with Crippen LogP contribution >= 0.6 is 11.3 Å². The number of Topliss-reactive ketones (excluding diaryl/α,β-unsaturated/α-hetero) is 1. The number of piperidine rings is 1. The van der Waals surface area contributed by atoms with E-state index in [2.05, 4.69) is 15.2 Å². The number of nitrogens with one attached hydrogen (secondary N) is 1. The van der Waals surface area contributed by atoms with Crippen molar-refractivity contribution in [1.29, 1.82) is 0 Å². The first-order valence-electron chi connectivity index (χ1n) is 18.4. The maximum atomic E-state index is 14.6. The number of rotatable bonds is 19. The fraction of sp³-hybridized carbons (Fsp3) is 0.667. The second kappa shape index (κ2) is 20.0. The quantitative estimate of drug-likeness (QED) is 0.126. The third kappa shape index (κ3) is 12.3. The van der Waals surface area contributed by atoms with Crippen molar-refractivity contribution in [1.82, 2.24) is 20.1 Å². The fourth-order valence-corrected chi connectivity index (χ4v) is 7.47. The Kier molecular flexibility index (Phi) is 16.5. The zero-order chi connectivity index (χ0) is 37.0. The van der Waals surface area contributed by atoms with Gasteiger partial charge in [-0.05, 0) is 63.1 Å². The largest absolute Gasteiger partial charge is 0.444 e. The van der Waals surface area contributed by atoms with Gasteiger partial charge < -0.3 is 20.1 Å². The van der Waals surface area contributed by atoms with Crippen LogP contribution < -0.4 is 5.32 Å². The van der Waals surface area contributed by atoms with Crippen LogP contribution in [0.15, 0.2) is 35.7 Å². The first-order valence-corrected chi connectivity index (χ1v) is 19.3. The van der Waals surface area contributed by atoms with Gasteiger partial charge in [-0.15, -0.1) is 11.3 Å². The van der Waals surface area contributed by atoms with E-state index in [4.69, 9.17) is 4.74 Å². The predicted octanol–water partition coefficient (Wildman–Crippen LogP) is 6.43. The molecule has 1 saturated heterocycles. The molecule has 1 aliphatic heterocycles. The number of aliphatic hydroxyl groups excluding tert-OH is 1. The average molecular weight is 713 g/mol. The molecule has 3 rings (SSSR count). The highest BCUT2D eigenvalue weighted by Gasteiger charge is 2.39. The standard InChI is InChI=1S/C39H60N4O6S/c1-9-27(6)30(21-34(44)32-17-13-14-18-42(32)8)39(48)43(24-49-36(46)19-25(2)3)33(26(4)5)22-35(45)38-41-31(23-50-38)37(47)40-28(7)20-29-15-11-10-12-16-29/h10-12,15-16,23,25-28,30,32-33,35,45H,9,13-14,17-22,24H2,1-8H3,(H,40,47)/t27-,28+,30-,32+,33+,35+/m0/s1. The molecule has 2 heterocycles. The van der Waals surface area contributed by atoms with Crippen molar-refractivity contribution < 1.29 is 29.0 Å². The van der Waals surface area contributed by atoms with Crippen molar-refractivity contribution in [2.24, 2.45) is 23.7 Å². The van der Waals surface area contributed by atoms with Gasteiger partial charge >= 0.3 is 5.97 Å². The van der Waals surface area contributed by atoms with Crippen LogP contribution in [0.25, 0.3) is 0 Å². The zero-order valence-electron chi connectivity index (χ0n) is 31.4. The van der Waals surface area contributed by atoms with Gasteiger partial charge in [0.1, 0.15) is 16.8 Å². The van der Waals surface area contributed by atoms with Crippen molar-refractivity contribution in [3.05, 3.63) is 52.0 Å². The van der Waals surface area contributed by atoms with E-state index in [-0.39, 0.29) is 79.1 Å². The molecule has 6 atom stereocenters. The van der Waals surface area contributed by atoms with Crippen molar-refractivity contribution in [2.45, 2.75) is 124 Å². The van der Waals surface area contributed by atoms with Crippen LogP contribution in [0, 0.1) is 23.7 Å². The fourth-order valence-electron chi connectivity index (χ4n) is 6.67. The molecule has 2 aromatic rings. The number of ether oxygens (including phenoxy) is 1. The third-order valence-electron chi connectivity index (χ3n) is 9.87. The number of thiazole rings is 1. The van der Waals surface area contributed by atoms with E-state index in [1.54, 1.807) is 10.3 Å². The number of hydrogen-bond donors (Lipinski definition) is 2. The number of amides is 2. The van der Waals surface area contributed by atoms with E-state index < -0.39 is 24.0 Å². The number of hydrogen-bond acceptors (Lipinski definition) is 9. The molecule has 1 aromatic carbocycles. The molecule has 0 unspecified atom stereocenters. The molecule has 2 amide bonds. The number of ketones is 1. The van der Waals surface area contributed by atoms with Gasteiger partial charge in [-0.25, -0.2) is 4.98 Å². The van der Waals surface area contributed by atoms with Crippen LogP contribution in [0.5, 0.6) is 0 Å². The summed E-state index contributed by atoms with van der Waals surface area (Å²) < 4.78 is 5.70. The van der Waals surface area contributed by atoms with Gasteiger partial charge in [0.2, 0.25) is 5.91 Å². The molecule has 50 heavy (non-hydrogen) atoms. The van der Waals surface area contributed by atoms with E-state index in [0.29, 0.717) is 17.8 Å². The summed E-state index contributed by atoms with van der Waals surface area (Å²) in [6.45, 7) is 14.3. The Morgan fingerprint density at radius 1 is 1.06 bits per heavy atom. The van der Waals surface area contributed by atoms with Gasteiger partial charge in [0, 0.05) is 42.6 Å². The van der Waals surface area contributed by atoms with Crippen molar-refractivity contribution in [3.63, 3.8) is 0 Å². The van der Waals surface area contributed by atoms with Crippen LogP contribution in [0.1, 0.15) is 121 Å². The summed E-state index contributed by atoms with van der Waals surface area (Å²) in [5, 5.41) is 16.5. The smallest absolute Gasteiger partial charge is 0.307 e. The molecule has 2 N–H and O–H groups in total. The highest BCUT2D eigenvalue weighted by atomic mass is 32.1. The topological polar surface area (TPSA) is 129 Å². The lowest BCUT2D eigenvalue weighted by atomic mass is 9.82. The van der Waals surface area contributed by atoms with E-state index in [9.17, 15) is 24.3 Å². The van der Waals surface area contributed by atoms with Crippen LogP contribution in [0.3, 0.4) is 0 Å². The van der Waals surface area contributed by atoms with Gasteiger partial charge in [-0.1, -0.05) is 84.7 Å². The number of aromatic nitrogens is 1. The van der Waals surface area contributed by atoms with E-state index in [1.165, 1.54) is 11.3 Å². The number of benzene rings is 1. The minimum absolute atomic E-state index is 0.0652. The molecule has 1 aliphatic rings. The van der Waals surface area contributed by atoms with Gasteiger partial charge in [0.15, 0.2) is 12.5 Å². The normalized spacial score (nSPS) is 18.3. The third-order valence-corrected chi connectivity index (χ3v) is 10.8. The SMILES string of the molecule is CC[C@H](C)[C@H](CC(=O)[C@H]1CCCCN1C)C(=O)N(COC(=O)CC(C)C)[C@H](C[C@@H](O)c1nc(C(=O)N[C@H](C)Cc2ccccc2)cs1)C(C)C. The number of carbonyl (C=O) groups is 4. The van der Waals surface area contributed by atoms with E-state index in [1.807, 2.05) is 85.8 Å². The summed E-state index contributed by atoms with van der Waals surface area (Å²) in [7, 11) is 1.97. The van der Waals surface area contributed by atoms with Crippen molar-refractivity contribution in [2.75, 3.05) is 20.3 Å². The average Bonchev–Trinajstić information content (AvgIpc) is 3.57. The molecule has 0 spiro atoms. The lowest BCUT2D eigenvalue weighted by Gasteiger charge is -2.39. The minimum Gasteiger partial charge on any atom is -0.444 e. The van der Waals surface area contributed by atoms with Gasteiger partial charge in [-0.3, -0.25) is 24.1 Å². The second-order valence-corrected chi connectivity index (χ2v) is 15.8. The first-order chi connectivity index (χ1) is 23.7. The lowest BCUT2D eigenvalue weighted by Crippen LogP contribution is -2.50. The Balaban J connectivity index is 1.82. The molecular formula is C39H60N4O6S. The number of nitrogens with zero attached hydrogens (tertiary/aromatic N) is 3. The Bertz CT molecular complexity index is 1380. The summed E-state index contributed by atoms with van der Waals surface area (Å²) >= 11 is 1.20. The summed E-state index contributed by atoms with van der Waals surface area (Å²) in [5.41, 5.74) is 1.34. The number of likely N-dealkylation sites (N-methyl/N-ethyl adjacent to an activating group) is 1. The van der Waals surface area contributed by atoms with Crippen molar-refractivity contribution >= 4 is 34.9 Å². The Hall–Kier alpha value is -3.15. The molecule has 0 aliphatic carbocycles. The predicted molar refractivity (Wildman–Crippen MR) is 197 cm³/mol. The van der Waals surface area contributed by atoms with Crippen LogP contribution in [-0.4, -0.2) is 81.9 Å². The number of esters is 1. The summed E-state index contributed by atoms with van der Waals surface area (Å²) in [6.07, 6.45) is 3.58. The monoisotopic (exact) mass is 712 g/mol. The first kappa shape index (κ1) is 41.3. The van der Waals surface area contributed by atoms with Gasteiger partial charge in [0.25, 0.3) is 5.91 Å². The molecule has 11 heteroatoms. The zero-order valence-corrected chi connectivity index (χ0v) is 32.2. The van der Waals surface area contributed by atoms with E-state index in [0.717, 1.165) is 31.4 Å². The summed E-state index contributed by atoms with van der Waals surface area (Å²) in [4.78, 5) is 62.2. The number of aliphatic hydroxyl groups is 1. The number of likely N-dealkylation sites (tertiary alicyclic amines) is 1. The minimum atomic E-state index is -1.07. The molecule has 1 aromatic heterocycles. The molecule has 0 radical (unpaired) electrons. The molecule has 278 valence electrons. The molecule has 0 bridgehead atoms. The Labute approximate surface area is 303 Å². The maximum absolute atomic E-state index is 14.6. The second-order valence-electron chi connectivity index (χ2n) is 14.9. The van der Waals surface area contributed by atoms with E-state index >= 15 is 0 Å². The number of carbonyl (C=O) groups excluding carboxylic acids is 4. The molecule has 1 fully saturated rings.